The van der Waals surface area contributed by atoms with Crippen molar-refractivity contribution in [3.05, 3.63) is 11.6 Å². The Bertz CT molecular complexity index is 215. The van der Waals surface area contributed by atoms with Crippen molar-refractivity contribution in [1.82, 2.24) is 0 Å². The minimum absolute atomic E-state index is 0.436. The van der Waals surface area contributed by atoms with Crippen molar-refractivity contribution in [3.8, 4) is 0 Å². The van der Waals surface area contributed by atoms with Crippen LogP contribution in [0.5, 0.6) is 0 Å². The molecule has 102 valence electrons. The Morgan fingerprint density at radius 3 is 2.29 bits per heavy atom. The molecular weight excluding hydrogens is 212 g/mol. The van der Waals surface area contributed by atoms with Gasteiger partial charge in [0.2, 0.25) is 0 Å². The first kappa shape index (κ1) is 16.7. The van der Waals surface area contributed by atoms with Gasteiger partial charge in [-0.15, -0.1) is 0 Å². The summed E-state index contributed by atoms with van der Waals surface area (Å²) in [7, 11) is 3.39. The predicted octanol–water partition coefficient (Wildman–Crippen LogP) is 4.55. The van der Waals surface area contributed by atoms with Gasteiger partial charge in [0.15, 0.2) is 5.79 Å². The molecule has 0 rings (SSSR count). The van der Waals surface area contributed by atoms with Crippen LogP contribution >= 0.6 is 0 Å². The molecule has 0 heterocycles. The van der Waals surface area contributed by atoms with Crippen molar-refractivity contribution in [2.45, 2.75) is 65.6 Å². The van der Waals surface area contributed by atoms with Crippen LogP contribution in [0, 0.1) is 5.92 Å². The van der Waals surface area contributed by atoms with Gasteiger partial charge < -0.3 is 9.47 Å². The summed E-state index contributed by atoms with van der Waals surface area (Å²) in [6.45, 7) is 8.76. The summed E-state index contributed by atoms with van der Waals surface area (Å²) in [4.78, 5) is 0. The first-order valence-electron chi connectivity index (χ1n) is 6.69. The van der Waals surface area contributed by atoms with E-state index in [1.807, 2.05) is 6.92 Å². The zero-order valence-electron chi connectivity index (χ0n) is 12.5. The number of hydrogen-bond donors (Lipinski definition) is 0. The average molecular weight is 242 g/mol. The summed E-state index contributed by atoms with van der Waals surface area (Å²) in [5.74, 6) is 0.377. The molecule has 0 saturated heterocycles. The minimum atomic E-state index is -0.436. The Labute approximate surface area is 107 Å². The second-order valence-corrected chi connectivity index (χ2v) is 5.42. The topological polar surface area (TPSA) is 18.5 Å². The molecule has 0 unspecified atom stereocenters. The Hall–Kier alpha value is -0.340. The maximum Gasteiger partial charge on any atom is 0.165 e. The van der Waals surface area contributed by atoms with E-state index in [4.69, 9.17) is 9.47 Å². The maximum atomic E-state index is 5.33. The summed E-state index contributed by atoms with van der Waals surface area (Å²) in [5.41, 5.74) is 1.49. The number of rotatable bonds is 9. The molecule has 0 atom stereocenters. The molecule has 0 N–H and O–H groups in total. The number of ether oxygens (including phenoxy) is 2. The lowest BCUT2D eigenvalue weighted by Crippen LogP contribution is -2.29. The zero-order valence-corrected chi connectivity index (χ0v) is 12.5. The van der Waals surface area contributed by atoms with Crippen LogP contribution in [0.15, 0.2) is 11.6 Å². The molecule has 0 radical (unpaired) electrons. The molecule has 0 saturated carbocycles. The average Bonchev–Trinajstić information content (AvgIpc) is 2.28. The second kappa shape index (κ2) is 8.71. The quantitative estimate of drug-likeness (QED) is 0.436. The van der Waals surface area contributed by atoms with Crippen molar-refractivity contribution >= 4 is 0 Å². The lowest BCUT2D eigenvalue weighted by Gasteiger charge is -2.25. The smallest absolute Gasteiger partial charge is 0.165 e. The van der Waals surface area contributed by atoms with Gasteiger partial charge in [-0.25, -0.2) is 0 Å². The molecule has 0 aromatic carbocycles. The lowest BCUT2D eigenvalue weighted by atomic mass is 10.0. The van der Waals surface area contributed by atoms with E-state index < -0.39 is 5.79 Å². The molecule has 0 bridgehead atoms. The van der Waals surface area contributed by atoms with E-state index in [0.29, 0.717) is 0 Å². The van der Waals surface area contributed by atoms with Crippen molar-refractivity contribution < 1.29 is 9.47 Å². The van der Waals surface area contributed by atoms with Crippen LogP contribution in [-0.4, -0.2) is 20.0 Å². The van der Waals surface area contributed by atoms with Gasteiger partial charge in [-0.05, 0) is 39.0 Å². The van der Waals surface area contributed by atoms with Crippen LogP contribution in [0.25, 0.3) is 0 Å². The van der Waals surface area contributed by atoms with E-state index in [1.165, 1.54) is 24.8 Å². The molecule has 0 aliphatic carbocycles. The van der Waals surface area contributed by atoms with Crippen LogP contribution in [-0.2, 0) is 9.47 Å². The fourth-order valence-electron chi connectivity index (χ4n) is 1.76. The third kappa shape index (κ3) is 8.39. The summed E-state index contributed by atoms with van der Waals surface area (Å²) in [5, 5.41) is 0. The largest absolute Gasteiger partial charge is 0.353 e. The highest BCUT2D eigenvalue weighted by Crippen LogP contribution is 2.19. The maximum absolute atomic E-state index is 5.33. The van der Waals surface area contributed by atoms with Gasteiger partial charge in [0.25, 0.3) is 0 Å². The summed E-state index contributed by atoms with van der Waals surface area (Å²) in [6, 6.07) is 0. The molecule has 0 spiro atoms. The van der Waals surface area contributed by atoms with E-state index in [-0.39, 0.29) is 0 Å². The standard InChI is InChI=1S/C15H30O2/c1-13(2)9-7-10-14(3)11-8-12-15(4,16-5)17-6/h11,13H,7-10,12H2,1-6H3/b14-11+. The van der Waals surface area contributed by atoms with E-state index in [2.05, 4.69) is 26.8 Å². The van der Waals surface area contributed by atoms with E-state index in [1.54, 1.807) is 14.2 Å². The fourth-order valence-corrected chi connectivity index (χ4v) is 1.76. The third-order valence-electron chi connectivity index (χ3n) is 3.31. The highest BCUT2D eigenvalue weighted by molar-refractivity contribution is 4.98. The highest BCUT2D eigenvalue weighted by Gasteiger charge is 2.20. The summed E-state index contributed by atoms with van der Waals surface area (Å²) < 4.78 is 10.7. The first-order chi connectivity index (χ1) is 7.93. The van der Waals surface area contributed by atoms with Crippen LogP contribution in [0.1, 0.15) is 59.8 Å². The fraction of sp³-hybridized carbons (Fsp3) is 0.867. The normalized spacial score (nSPS) is 13.5. The Morgan fingerprint density at radius 1 is 1.24 bits per heavy atom. The van der Waals surface area contributed by atoms with Gasteiger partial charge in [-0.1, -0.05) is 31.9 Å². The predicted molar refractivity (Wildman–Crippen MR) is 74.1 cm³/mol. The van der Waals surface area contributed by atoms with Gasteiger partial charge in [-0.2, -0.15) is 0 Å². The summed E-state index contributed by atoms with van der Waals surface area (Å²) >= 11 is 0. The first-order valence-corrected chi connectivity index (χ1v) is 6.69. The summed E-state index contributed by atoms with van der Waals surface area (Å²) in [6.07, 6.45) is 8.07. The van der Waals surface area contributed by atoms with Crippen molar-refractivity contribution in [3.63, 3.8) is 0 Å². The molecule has 2 heteroatoms. The van der Waals surface area contributed by atoms with Crippen LogP contribution in [0.3, 0.4) is 0 Å². The molecule has 0 aliphatic rings. The highest BCUT2D eigenvalue weighted by atomic mass is 16.7. The van der Waals surface area contributed by atoms with E-state index in [0.717, 1.165) is 18.8 Å². The molecule has 0 fully saturated rings. The van der Waals surface area contributed by atoms with Crippen LogP contribution < -0.4 is 0 Å². The molecule has 0 amide bonds. The second-order valence-electron chi connectivity index (χ2n) is 5.42. The Kier molecular flexibility index (Phi) is 8.53. The SMILES string of the molecule is COC(C)(CC/C=C(\C)CCCC(C)C)OC. The molecule has 0 aromatic heterocycles. The van der Waals surface area contributed by atoms with E-state index in [9.17, 15) is 0 Å². The van der Waals surface area contributed by atoms with Crippen LogP contribution in [0.4, 0.5) is 0 Å². The third-order valence-corrected chi connectivity index (χ3v) is 3.31. The van der Waals surface area contributed by atoms with Gasteiger partial charge in [-0.3, -0.25) is 0 Å². The Morgan fingerprint density at radius 2 is 1.82 bits per heavy atom. The Balaban J connectivity index is 3.83. The number of hydrogen-bond acceptors (Lipinski definition) is 2. The number of allylic oxidation sites excluding steroid dienone is 2. The molecule has 0 aliphatic heterocycles. The minimum Gasteiger partial charge on any atom is -0.353 e. The zero-order chi connectivity index (χ0) is 13.3. The van der Waals surface area contributed by atoms with Crippen LogP contribution in [0.2, 0.25) is 0 Å². The molecule has 2 nitrogen and oxygen atoms in total. The van der Waals surface area contributed by atoms with Gasteiger partial charge in [0.1, 0.15) is 0 Å². The molecule has 17 heavy (non-hydrogen) atoms. The van der Waals surface area contributed by atoms with E-state index >= 15 is 0 Å². The molecular formula is C15H30O2. The van der Waals surface area contributed by atoms with Gasteiger partial charge in [0.05, 0.1) is 0 Å². The number of methoxy groups -OCH3 is 2. The van der Waals surface area contributed by atoms with Gasteiger partial charge >= 0.3 is 0 Å². The lowest BCUT2D eigenvalue weighted by molar-refractivity contribution is -0.196. The monoisotopic (exact) mass is 242 g/mol. The van der Waals surface area contributed by atoms with Crippen molar-refractivity contribution in [2.24, 2.45) is 5.92 Å². The van der Waals surface area contributed by atoms with Crippen molar-refractivity contribution in [2.75, 3.05) is 14.2 Å². The van der Waals surface area contributed by atoms with Gasteiger partial charge in [0, 0.05) is 20.6 Å². The molecule has 0 aromatic rings. The van der Waals surface area contributed by atoms with Crippen molar-refractivity contribution in [1.29, 1.82) is 0 Å².